The van der Waals surface area contributed by atoms with Gasteiger partial charge in [0.05, 0.1) is 0 Å². The number of likely N-dealkylation sites (tertiary alicyclic amines) is 1. The molecule has 0 aromatic rings. The van der Waals surface area contributed by atoms with Gasteiger partial charge in [0.2, 0.25) is 5.91 Å². The van der Waals surface area contributed by atoms with Gasteiger partial charge in [-0.1, -0.05) is 6.92 Å². The van der Waals surface area contributed by atoms with Gasteiger partial charge in [-0.05, 0) is 57.3 Å². The van der Waals surface area contributed by atoms with Gasteiger partial charge in [0.25, 0.3) is 0 Å². The Hall–Kier alpha value is -0.0300. The van der Waals surface area contributed by atoms with Gasteiger partial charge in [-0.25, -0.2) is 0 Å². The van der Waals surface area contributed by atoms with Crippen LogP contribution < -0.4 is 10.6 Å². The average Bonchev–Trinajstić information content (AvgIpc) is 2.85. The van der Waals surface area contributed by atoms with E-state index in [-0.39, 0.29) is 30.7 Å². The van der Waals surface area contributed by atoms with E-state index in [1.54, 1.807) is 0 Å². The number of amides is 1. The van der Waals surface area contributed by atoms with Crippen LogP contribution in [0.2, 0.25) is 0 Å². The van der Waals surface area contributed by atoms with Gasteiger partial charge in [-0.2, -0.15) is 0 Å². The maximum absolute atomic E-state index is 11.9. The summed E-state index contributed by atoms with van der Waals surface area (Å²) in [5.74, 6) is 1.53. The zero-order valence-electron chi connectivity index (χ0n) is 12.4. The molecule has 2 fully saturated rings. The predicted octanol–water partition coefficient (Wildman–Crippen LogP) is 1.68. The molecule has 6 heteroatoms. The van der Waals surface area contributed by atoms with Crippen LogP contribution in [0.4, 0.5) is 0 Å². The number of nitrogens with zero attached hydrogens (tertiary/aromatic N) is 1. The van der Waals surface area contributed by atoms with E-state index < -0.39 is 0 Å². The number of hydrogen-bond acceptors (Lipinski definition) is 3. The first kappa shape index (κ1) is 20.0. The second kappa shape index (κ2) is 10.7. The summed E-state index contributed by atoms with van der Waals surface area (Å²) in [4.78, 5) is 14.3. The van der Waals surface area contributed by atoms with Crippen LogP contribution in [0.25, 0.3) is 0 Å². The van der Waals surface area contributed by atoms with E-state index in [0.29, 0.717) is 11.8 Å². The zero-order chi connectivity index (χ0) is 12.8. The fraction of sp³-hybridized carbons (Fsp3) is 0.929. The number of nitrogens with one attached hydrogen (secondary N) is 2. The third-order valence-electron chi connectivity index (χ3n) is 4.34. The van der Waals surface area contributed by atoms with Gasteiger partial charge >= 0.3 is 0 Å². The highest BCUT2D eigenvalue weighted by Gasteiger charge is 2.22. The normalized spacial score (nSPS) is 23.8. The van der Waals surface area contributed by atoms with Crippen molar-refractivity contribution < 1.29 is 4.79 Å². The van der Waals surface area contributed by atoms with Crippen molar-refractivity contribution in [1.82, 2.24) is 15.5 Å². The molecule has 0 saturated carbocycles. The first-order valence-corrected chi connectivity index (χ1v) is 7.47. The average molecular weight is 326 g/mol. The van der Waals surface area contributed by atoms with Gasteiger partial charge < -0.3 is 15.5 Å². The molecule has 0 radical (unpaired) electrons. The third kappa shape index (κ3) is 6.61. The van der Waals surface area contributed by atoms with Crippen molar-refractivity contribution >= 4 is 30.7 Å². The van der Waals surface area contributed by atoms with E-state index >= 15 is 0 Å². The van der Waals surface area contributed by atoms with Crippen molar-refractivity contribution in [2.75, 3.05) is 39.3 Å². The number of piperidine rings is 1. The molecule has 1 unspecified atom stereocenters. The summed E-state index contributed by atoms with van der Waals surface area (Å²) in [6.07, 6.45) is 4.27. The summed E-state index contributed by atoms with van der Waals surface area (Å²) in [7, 11) is 0. The van der Waals surface area contributed by atoms with Gasteiger partial charge in [-0.3, -0.25) is 4.79 Å². The molecule has 0 aromatic heterocycles. The molecule has 4 nitrogen and oxygen atoms in total. The monoisotopic (exact) mass is 325 g/mol. The standard InChI is InChI=1S/C14H27N3O.2ClH/c1-2-17-8-5-13(11-17)10-16-14(18)9-12-3-6-15-7-4-12;;/h12-13,15H,2-11H2,1H3,(H,16,18);2*1H. The third-order valence-corrected chi connectivity index (χ3v) is 4.34. The Balaban J connectivity index is 0.00000180. The van der Waals surface area contributed by atoms with Gasteiger partial charge in [0.15, 0.2) is 0 Å². The number of carbonyl (C=O) groups excluding carboxylic acids is 1. The van der Waals surface area contributed by atoms with Gasteiger partial charge in [0, 0.05) is 19.5 Å². The van der Waals surface area contributed by atoms with Crippen molar-refractivity contribution in [1.29, 1.82) is 0 Å². The summed E-state index contributed by atoms with van der Waals surface area (Å²) >= 11 is 0. The molecule has 120 valence electrons. The Morgan fingerprint density at radius 1 is 1.20 bits per heavy atom. The van der Waals surface area contributed by atoms with E-state index in [1.807, 2.05) is 0 Å². The molecule has 0 aliphatic carbocycles. The molecule has 2 aliphatic rings. The highest BCUT2D eigenvalue weighted by atomic mass is 35.5. The van der Waals surface area contributed by atoms with E-state index in [0.717, 1.165) is 52.0 Å². The van der Waals surface area contributed by atoms with E-state index in [2.05, 4.69) is 22.5 Å². The molecule has 2 saturated heterocycles. The molecule has 1 amide bonds. The lowest BCUT2D eigenvalue weighted by atomic mass is 9.94. The molecule has 2 rings (SSSR count). The zero-order valence-corrected chi connectivity index (χ0v) is 14.0. The SMILES string of the molecule is CCN1CCC(CNC(=O)CC2CCNCC2)C1.Cl.Cl. The fourth-order valence-corrected chi connectivity index (χ4v) is 3.05. The second-order valence-electron chi connectivity index (χ2n) is 5.75. The molecule has 1 atom stereocenters. The fourth-order valence-electron chi connectivity index (χ4n) is 3.05. The van der Waals surface area contributed by atoms with Crippen LogP contribution in [-0.2, 0) is 4.79 Å². The van der Waals surface area contributed by atoms with Crippen LogP contribution in [0, 0.1) is 11.8 Å². The molecular formula is C14H29Cl2N3O. The predicted molar refractivity (Wildman–Crippen MR) is 87.9 cm³/mol. The largest absolute Gasteiger partial charge is 0.356 e. The van der Waals surface area contributed by atoms with Crippen molar-refractivity contribution in [2.24, 2.45) is 11.8 Å². The van der Waals surface area contributed by atoms with E-state index in [4.69, 9.17) is 0 Å². The van der Waals surface area contributed by atoms with E-state index in [9.17, 15) is 4.79 Å². The lowest BCUT2D eigenvalue weighted by Gasteiger charge is -2.22. The van der Waals surface area contributed by atoms with Crippen molar-refractivity contribution in [3.8, 4) is 0 Å². The topological polar surface area (TPSA) is 44.4 Å². The molecular weight excluding hydrogens is 297 g/mol. The quantitative estimate of drug-likeness (QED) is 0.808. The molecule has 0 aromatic carbocycles. The minimum Gasteiger partial charge on any atom is -0.356 e. The first-order valence-electron chi connectivity index (χ1n) is 7.47. The highest BCUT2D eigenvalue weighted by Crippen LogP contribution is 2.17. The molecule has 2 N–H and O–H groups in total. The lowest BCUT2D eigenvalue weighted by Crippen LogP contribution is -2.34. The molecule has 0 spiro atoms. The van der Waals surface area contributed by atoms with Crippen LogP contribution in [0.15, 0.2) is 0 Å². The van der Waals surface area contributed by atoms with Gasteiger partial charge in [0.1, 0.15) is 0 Å². The Labute approximate surface area is 135 Å². The maximum atomic E-state index is 11.9. The molecule has 2 heterocycles. The van der Waals surface area contributed by atoms with Crippen molar-refractivity contribution in [2.45, 2.75) is 32.6 Å². The summed E-state index contributed by atoms with van der Waals surface area (Å²) in [5.41, 5.74) is 0. The van der Waals surface area contributed by atoms with Crippen molar-refractivity contribution in [3.05, 3.63) is 0 Å². The Morgan fingerprint density at radius 2 is 1.90 bits per heavy atom. The van der Waals surface area contributed by atoms with Crippen LogP contribution >= 0.6 is 24.8 Å². The molecule has 0 bridgehead atoms. The number of carbonyl (C=O) groups is 1. The maximum Gasteiger partial charge on any atom is 0.220 e. The molecule has 20 heavy (non-hydrogen) atoms. The summed E-state index contributed by atoms with van der Waals surface area (Å²) in [5, 5.41) is 6.47. The highest BCUT2D eigenvalue weighted by molar-refractivity contribution is 5.85. The Morgan fingerprint density at radius 3 is 2.50 bits per heavy atom. The number of halogens is 2. The molecule has 2 aliphatic heterocycles. The second-order valence-corrected chi connectivity index (χ2v) is 5.75. The number of hydrogen-bond donors (Lipinski definition) is 2. The van der Waals surface area contributed by atoms with Gasteiger partial charge in [-0.15, -0.1) is 24.8 Å². The van der Waals surface area contributed by atoms with Crippen LogP contribution in [0.1, 0.15) is 32.6 Å². The summed E-state index contributed by atoms with van der Waals surface area (Å²) in [6.45, 7) is 8.73. The minimum absolute atomic E-state index is 0. The minimum atomic E-state index is 0. The van der Waals surface area contributed by atoms with Crippen molar-refractivity contribution in [3.63, 3.8) is 0 Å². The van der Waals surface area contributed by atoms with E-state index in [1.165, 1.54) is 13.0 Å². The lowest BCUT2D eigenvalue weighted by molar-refractivity contribution is -0.122. The van der Waals surface area contributed by atoms with Crippen LogP contribution in [-0.4, -0.2) is 50.1 Å². The van der Waals surface area contributed by atoms with Crippen LogP contribution in [0.5, 0.6) is 0 Å². The summed E-state index contributed by atoms with van der Waals surface area (Å²) < 4.78 is 0. The smallest absolute Gasteiger partial charge is 0.220 e. The Bertz CT molecular complexity index is 273. The Kier molecular flexibility index (Phi) is 10.6. The summed E-state index contributed by atoms with van der Waals surface area (Å²) in [6, 6.07) is 0. The first-order chi connectivity index (χ1) is 8.78. The number of rotatable bonds is 5. The van der Waals surface area contributed by atoms with Crippen LogP contribution in [0.3, 0.4) is 0 Å².